The van der Waals surface area contributed by atoms with E-state index in [1.54, 1.807) is 6.33 Å². The fourth-order valence-corrected chi connectivity index (χ4v) is 3.00. The number of benzene rings is 1. The molecule has 0 saturated carbocycles. The quantitative estimate of drug-likeness (QED) is 0.670. The predicted molar refractivity (Wildman–Crippen MR) is 108 cm³/mol. The van der Waals surface area contributed by atoms with Crippen molar-refractivity contribution in [3.8, 4) is 0 Å². The summed E-state index contributed by atoms with van der Waals surface area (Å²) in [4.78, 5) is 13.2. The normalized spacial score (nSPS) is 12.9. The maximum absolute atomic E-state index is 5.35. The van der Waals surface area contributed by atoms with Crippen molar-refractivity contribution in [3.05, 3.63) is 65.2 Å². The van der Waals surface area contributed by atoms with Crippen molar-refractivity contribution in [3.63, 3.8) is 0 Å². The zero-order valence-electron chi connectivity index (χ0n) is 14.7. The van der Waals surface area contributed by atoms with Crippen molar-refractivity contribution in [2.45, 2.75) is 25.8 Å². The molecule has 1 aliphatic heterocycles. The van der Waals surface area contributed by atoms with Gasteiger partial charge in [-0.25, -0.2) is 9.97 Å². The fourth-order valence-electron chi connectivity index (χ4n) is 3.00. The van der Waals surface area contributed by atoms with Gasteiger partial charge < -0.3 is 15.2 Å². The van der Waals surface area contributed by atoms with Crippen molar-refractivity contribution in [1.82, 2.24) is 25.4 Å². The monoisotopic (exact) mass is 408 g/mol. The molecule has 4 rings (SSSR count). The highest BCUT2D eigenvalue weighted by Crippen LogP contribution is 2.18. The van der Waals surface area contributed by atoms with Crippen molar-refractivity contribution >= 4 is 30.6 Å². The van der Waals surface area contributed by atoms with E-state index in [0.29, 0.717) is 24.7 Å². The van der Waals surface area contributed by atoms with Crippen LogP contribution in [0, 0.1) is 0 Å². The van der Waals surface area contributed by atoms with E-state index in [1.807, 2.05) is 18.2 Å². The Labute approximate surface area is 170 Å². The van der Waals surface area contributed by atoms with E-state index in [0.717, 1.165) is 43.0 Å². The average molecular weight is 409 g/mol. The Balaban J connectivity index is 0.00000131. The zero-order valence-corrected chi connectivity index (χ0v) is 16.4. The Hall–Kier alpha value is -2.22. The highest BCUT2D eigenvalue weighted by atomic mass is 35.5. The number of fused-ring (bicyclic) bond motifs is 1. The first-order valence-electron chi connectivity index (χ1n) is 8.51. The standard InChI is InChI=1S/C18H20N6O.2ClH/c1-2-4-13(5-3-1)10-16-23-17(25-24-16)11-20-18-14-6-8-19-9-7-15(14)21-12-22-18;;/h1-5,12,19H,6-11H2,(H,20,21,22);2*1H. The van der Waals surface area contributed by atoms with Crippen LogP contribution in [0.4, 0.5) is 5.82 Å². The van der Waals surface area contributed by atoms with E-state index < -0.39 is 0 Å². The van der Waals surface area contributed by atoms with E-state index in [4.69, 9.17) is 4.52 Å². The SMILES string of the molecule is Cl.Cl.c1ccc(Cc2noc(CNc3ncnc4c3CCNCC4)n2)cc1. The van der Waals surface area contributed by atoms with Crippen LogP contribution in [0.25, 0.3) is 0 Å². The molecule has 0 atom stereocenters. The lowest BCUT2D eigenvalue weighted by molar-refractivity contribution is 0.378. The highest BCUT2D eigenvalue weighted by Gasteiger charge is 2.15. The number of aromatic nitrogens is 4. The molecule has 0 spiro atoms. The van der Waals surface area contributed by atoms with Gasteiger partial charge in [0.15, 0.2) is 5.82 Å². The number of rotatable bonds is 5. The second kappa shape index (κ2) is 10.2. The van der Waals surface area contributed by atoms with E-state index in [1.165, 1.54) is 5.56 Å². The molecule has 2 aromatic heterocycles. The minimum absolute atomic E-state index is 0. The van der Waals surface area contributed by atoms with Gasteiger partial charge in [-0.2, -0.15) is 4.98 Å². The van der Waals surface area contributed by atoms with E-state index in [-0.39, 0.29) is 24.8 Å². The summed E-state index contributed by atoms with van der Waals surface area (Å²) >= 11 is 0. The first kappa shape index (κ1) is 21.1. The third-order valence-corrected chi connectivity index (χ3v) is 4.25. The van der Waals surface area contributed by atoms with Crippen molar-refractivity contribution in [2.75, 3.05) is 18.4 Å². The maximum atomic E-state index is 5.35. The van der Waals surface area contributed by atoms with Gasteiger partial charge >= 0.3 is 0 Å². The van der Waals surface area contributed by atoms with Crippen LogP contribution in [-0.4, -0.2) is 33.2 Å². The molecule has 0 aliphatic carbocycles. The van der Waals surface area contributed by atoms with Crippen LogP contribution in [0.3, 0.4) is 0 Å². The first-order valence-corrected chi connectivity index (χ1v) is 8.51. The van der Waals surface area contributed by atoms with Gasteiger partial charge in [0.2, 0.25) is 5.89 Å². The minimum atomic E-state index is 0. The Morgan fingerprint density at radius 2 is 1.85 bits per heavy atom. The van der Waals surface area contributed by atoms with Gasteiger partial charge in [-0.15, -0.1) is 24.8 Å². The predicted octanol–water partition coefficient (Wildman–Crippen LogP) is 2.59. The van der Waals surface area contributed by atoms with Crippen LogP contribution < -0.4 is 10.6 Å². The maximum Gasteiger partial charge on any atom is 0.245 e. The second-order valence-electron chi connectivity index (χ2n) is 6.02. The molecular formula is C18H22Cl2N6O. The third-order valence-electron chi connectivity index (χ3n) is 4.25. The molecule has 9 heteroatoms. The van der Waals surface area contributed by atoms with Crippen LogP contribution in [0.5, 0.6) is 0 Å². The lowest BCUT2D eigenvalue weighted by Crippen LogP contribution is -2.16. The Morgan fingerprint density at radius 3 is 2.70 bits per heavy atom. The molecule has 0 radical (unpaired) electrons. The van der Waals surface area contributed by atoms with Gasteiger partial charge in [-0.1, -0.05) is 35.5 Å². The third kappa shape index (κ3) is 5.38. The Bertz CT molecular complexity index is 843. The number of nitrogens with zero attached hydrogens (tertiary/aromatic N) is 4. The summed E-state index contributed by atoms with van der Waals surface area (Å²) in [5.74, 6) is 2.11. The van der Waals surface area contributed by atoms with Crippen molar-refractivity contribution in [1.29, 1.82) is 0 Å². The molecule has 1 aliphatic rings. The van der Waals surface area contributed by atoms with Crippen LogP contribution in [0.1, 0.15) is 28.5 Å². The number of hydrogen-bond donors (Lipinski definition) is 2. The largest absolute Gasteiger partial charge is 0.361 e. The van der Waals surface area contributed by atoms with Crippen molar-refractivity contribution < 1.29 is 4.52 Å². The molecular weight excluding hydrogens is 387 g/mol. The summed E-state index contributed by atoms with van der Waals surface area (Å²) in [7, 11) is 0. The lowest BCUT2D eigenvalue weighted by Gasteiger charge is -2.10. The van der Waals surface area contributed by atoms with Crippen LogP contribution in [0.15, 0.2) is 41.2 Å². The molecule has 2 N–H and O–H groups in total. The van der Waals surface area contributed by atoms with E-state index >= 15 is 0 Å². The fraction of sp³-hybridized carbons (Fsp3) is 0.333. The smallest absolute Gasteiger partial charge is 0.245 e. The number of nitrogens with one attached hydrogen (secondary N) is 2. The lowest BCUT2D eigenvalue weighted by atomic mass is 10.1. The molecule has 1 aromatic carbocycles. The summed E-state index contributed by atoms with van der Waals surface area (Å²) in [6, 6.07) is 10.1. The number of hydrogen-bond acceptors (Lipinski definition) is 7. The van der Waals surface area contributed by atoms with Gasteiger partial charge in [0.05, 0.1) is 12.2 Å². The van der Waals surface area contributed by atoms with Crippen LogP contribution >= 0.6 is 24.8 Å². The first-order chi connectivity index (χ1) is 12.4. The minimum Gasteiger partial charge on any atom is -0.361 e. The molecule has 7 nitrogen and oxygen atoms in total. The number of anilines is 1. The summed E-state index contributed by atoms with van der Waals surface area (Å²) in [5.41, 5.74) is 3.45. The number of halogens is 2. The summed E-state index contributed by atoms with van der Waals surface area (Å²) in [5, 5.41) is 10.8. The summed E-state index contributed by atoms with van der Waals surface area (Å²) < 4.78 is 5.35. The topological polar surface area (TPSA) is 88.8 Å². The summed E-state index contributed by atoms with van der Waals surface area (Å²) in [6.45, 7) is 2.35. The van der Waals surface area contributed by atoms with E-state index in [2.05, 4.69) is 42.9 Å². The highest BCUT2D eigenvalue weighted by molar-refractivity contribution is 5.85. The molecule has 0 unspecified atom stereocenters. The molecule has 27 heavy (non-hydrogen) atoms. The molecule has 0 fully saturated rings. The van der Waals surface area contributed by atoms with Crippen LogP contribution in [-0.2, 0) is 25.8 Å². The second-order valence-corrected chi connectivity index (χ2v) is 6.02. The molecule has 0 saturated heterocycles. The molecule has 144 valence electrons. The molecule has 3 aromatic rings. The van der Waals surface area contributed by atoms with Gasteiger partial charge in [0.1, 0.15) is 12.1 Å². The van der Waals surface area contributed by atoms with Crippen LogP contribution in [0.2, 0.25) is 0 Å². The summed E-state index contributed by atoms with van der Waals surface area (Å²) in [6.07, 6.45) is 4.12. The van der Waals surface area contributed by atoms with E-state index in [9.17, 15) is 0 Å². The molecule has 0 bridgehead atoms. The van der Waals surface area contributed by atoms with Gasteiger partial charge in [-0.05, 0) is 18.5 Å². The Kier molecular flexibility index (Phi) is 7.97. The van der Waals surface area contributed by atoms with Gasteiger partial charge in [-0.3, -0.25) is 0 Å². The van der Waals surface area contributed by atoms with Gasteiger partial charge in [0.25, 0.3) is 0 Å². The zero-order chi connectivity index (χ0) is 16.9. The van der Waals surface area contributed by atoms with Crippen molar-refractivity contribution in [2.24, 2.45) is 0 Å². The van der Waals surface area contributed by atoms with Gasteiger partial charge in [0, 0.05) is 24.9 Å². The average Bonchev–Trinajstić information content (AvgIpc) is 2.94. The molecule has 3 heterocycles. The Morgan fingerprint density at radius 1 is 1.04 bits per heavy atom. The molecule has 0 amide bonds.